The molecule has 3 aromatic rings. The lowest BCUT2D eigenvalue weighted by Crippen LogP contribution is -2.50. The number of pyridine rings is 1. The van der Waals surface area contributed by atoms with Crippen LogP contribution < -0.4 is 14.5 Å². The molecular formula is C35H44N6O6. The first-order valence-electron chi connectivity index (χ1n) is 16.1. The lowest BCUT2D eigenvalue weighted by molar-refractivity contribution is 0.00748. The highest BCUT2D eigenvalue weighted by Crippen LogP contribution is 2.44. The molecule has 2 aromatic heterocycles. The molecule has 3 aliphatic rings. The molecule has 0 aliphatic carbocycles. The zero-order valence-corrected chi connectivity index (χ0v) is 28.5. The van der Waals surface area contributed by atoms with E-state index in [0.29, 0.717) is 49.4 Å². The monoisotopic (exact) mass is 644 g/mol. The number of carbonyl (C=O) groups is 2. The molecule has 5 heterocycles. The minimum Gasteiger partial charge on any atom is -0.486 e. The summed E-state index contributed by atoms with van der Waals surface area (Å²) in [6.45, 7) is 19.0. The number of rotatable bonds is 3. The van der Waals surface area contributed by atoms with Crippen LogP contribution in [0.5, 0.6) is 5.75 Å². The van der Waals surface area contributed by atoms with Gasteiger partial charge in [0, 0.05) is 55.0 Å². The number of ether oxygens (including phenoxy) is 4. The van der Waals surface area contributed by atoms with Crippen LogP contribution in [0.3, 0.4) is 0 Å². The van der Waals surface area contributed by atoms with Crippen LogP contribution in [-0.4, -0.2) is 82.6 Å². The summed E-state index contributed by atoms with van der Waals surface area (Å²) in [6.07, 6.45) is 0.851. The highest BCUT2D eigenvalue weighted by atomic mass is 16.6. The first-order chi connectivity index (χ1) is 22.2. The number of aromatic nitrogens is 3. The third-order valence-corrected chi connectivity index (χ3v) is 8.20. The second-order valence-electron chi connectivity index (χ2n) is 14.2. The summed E-state index contributed by atoms with van der Waals surface area (Å²) >= 11 is 0. The molecule has 0 saturated carbocycles. The van der Waals surface area contributed by atoms with Gasteiger partial charge >= 0.3 is 12.2 Å². The largest absolute Gasteiger partial charge is 0.486 e. The van der Waals surface area contributed by atoms with Crippen LogP contribution in [0, 0.1) is 13.8 Å². The Balaban J connectivity index is 1.35. The molecule has 0 N–H and O–H groups in total. The number of amides is 2. The average Bonchev–Trinajstić information content (AvgIpc) is 3.11. The van der Waals surface area contributed by atoms with Crippen molar-refractivity contribution in [1.29, 1.82) is 0 Å². The minimum absolute atomic E-state index is 0.0281. The molecular weight excluding hydrogens is 600 g/mol. The summed E-state index contributed by atoms with van der Waals surface area (Å²) in [6, 6.07) is 7.72. The van der Waals surface area contributed by atoms with Gasteiger partial charge in [-0.3, -0.25) is 0 Å². The van der Waals surface area contributed by atoms with Crippen LogP contribution in [0.1, 0.15) is 70.2 Å². The number of hydrogen-bond acceptors (Lipinski definition) is 10. The predicted molar refractivity (Wildman–Crippen MR) is 177 cm³/mol. The first-order valence-corrected chi connectivity index (χ1v) is 16.1. The van der Waals surface area contributed by atoms with Crippen molar-refractivity contribution in [2.45, 2.75) is 79.1 Å². The van der Waals surface area contributed by atoms with Gasteiger partial charge in [-0.25, -0.2) is 29.4 Å². The van der Waals surface area contributed by atoms with E-state index in [1.54, 1.807) is 11.1 Å². The van der Waals surface area contributed by atoms with E-state index in [0.717, 1.165) is 46.9 Å². The molecule has 1 aromatic carbocycles. The van der Waals surface area contributed by atoms with E-state index < -0.39 is 17.3 Å². The number of nitrogens with zero attached hydrogens (tertiary/aromatic N) is 6. The fraction of sp³-hybridized carbons (Fsp3) is 0.514. The van der Waals surface area contributed by atoms with Crippen LogP contribution in [0.2, 0.25) is 0 Å². The molecule has 0 unspecified atom stereocenters. The number of benzene rings is 1. The summed E-state index contributed by atoms with van der Waals surface area (Å²) in [5, 5.41) is 0. The van der Waals surface area contributed by atoms with Gasteiger partial charge in [-0.1, -0.05) is 6.07 Å². The maximum atomic E-state index is 14.0. The molecule has 0 atom stereocenters. The maximum absolute atomic E-state index is 14.0. The summed E-state index contributed by atoms with van der Waals surface area (Å²) in [4.78, 5) is 46.4. The van der Waals surface area contributed by atoms with Crippen molar-refractivity contribution >= 4 is 29.4 Å². The molecule has 3 aliphatic heterocycles. The van der Waals surface area contributed by atoms with Crippen LogP contribution in [0.4, 0.5) is 26.8 Å². The van der Waals surface area contributed by atoms with Crippen molar-refractivity contribution in [3.8, 4) is 16.9 Å². The van der Waals surface area contributed by atoms with Gasteiger partial charge < -0.3 is 28.7 Å². The van der Waals surface area contributed by atoms with Crippen LogP contribution in [0.25, 0.3) is 11.1 Å². The highest BCUT2D eigenvalue weighted by Gasteiger charge is 2.37. The zero-order chi connectivity index (χ0) is 33.7. The smallest absolute Gasteiger partial charge is 0.420 e. The molecule has 12 nitrogen and oxygen atoms in total. The number of carbonyl (C=O) groups excluding carboxylic acids is 2. The molecule has 2 saturated heterocycles. The second kappa shape index (κ2) is 12.3. The lowest BCUT2D eigenvalue weighted by Gasteiger charge is -2.39. The lowest BCUT2D eigenvalue weighted by atomic mass is 9.97. The quantitative estimate of drug-likeness (QED) is 0.322. The second-order valence-corrected chi connectivity index (χ2v) is 14.2. The van der Waals surface area contributed by atoms with Crippen molar-refractivity contribution < 1.29 is 28.5 Å². The van der Waals surface area contributed by atoms with Gasteiger partial charge in [0.25, 0.3) is 0 Å². The topological polar surface area (TPSA) is 119 Å². The molecule has 2 amide bonds. The van der Waals surface area contributed by atoms with E-state index in [9.17, 15) is 9.59 Å². The van der Waals surface area contributed by atoms with Gasteiger partial charge in [-0.2, -0.15) is 0 Å². The van der Waals surface area contributed by atoms with Gasteiger partial charge in [0.2, 0.25) is 0 Å². The Morgan fingerprint density at radius 1 is 0.872 bits per heavy atom. The Kier molecular flexibility index (Phi) is 8.50. The number of anilines is 3. The van der Waals surface area contributed by atoms with Crippen molar-refractivity contribution in [2.75, 3.05) is 49.2 Å². The molecule has 0 radical (unpaired) electrons. The Hall–Kier alpha value is -4.45. The van der Waals surface area contributed by atoms with Gasteiger partial charge in [0.15, 0.2) is 5.82 Å². The van der Waals surface area contributed by atoms with E-state index in [-0.39, 0.29) is 18.6 Å². The summed E-state index contributed by atoms with van der Waals surface area (Å²) in [5.74, 6) is 1.74. The van der Waals surface area contributed by atoms with Gasteiger partial charge in [-0.05, 0) is 79.2 Å². The van der Waals surface area contributed by atoms with E-state index in [4.69, 9.17) is 33.9 Å². The molecule has 47 heavy (non-hydrogen) atoms. The number of aryl methyl sites for hydroxylation is 2. The van der Waals surface area contributed by atoms with Crippen molar-refractivity contribution in [3.05, 3.63) is 53.2 Å². The molecule has 6 rings (SSSR count). The van der Waals surface area contributed by atoms with Gasteiger partial charge in [0.1, 0.15) is 29.4 Å². The molecule has 250 valence electrons. The maximum Gasteiger partial charge on any atom is 0.420 e. The highest BCUT2D eigenvalue weighted by molar-refractivity contribution is 5.99. The summed E-state index contributed by atoms with van der Waals surface area (Å²) < 4.78 is 23.4. The molecule has 0 bridgehead atoms. The van der Waals surface area contributed by atoms with Crippen molar-refractivity contribution in [3.63, 3.8) is 0 Å². The van der Waals surface area contributed by atoms with E-state index in [2.05, 4.69) is 4.90 Å². The van der Waals surface area contributed by atoms with Crippen LogP contribution in [-0.2, 0) is 20.8 Å². The Bertz CT molecular complexity index is 1660. The third kappa shape index (κ3) is 6.83. The fourth-order valence-electron chi connectivity index (χ4n) is 6.09. The van der Waals surface area contributed by atoms with Crippen LogP contribution >= 0.6 is 0 Å². The molecule has 0 spiro atoms. The van der Waals surface area contributed by atoms with Crippen molar-refractivity contribution in [2.24, 2.45) is 0 Å². The third-order valence-electron chi connectivity index (χ3n) is 8.20. The standard InChI is InChI=1S/C35H44N6O6/c1-21-29(22(2)38-30(37-21)24-18-40(19-24)32(42)46-34(3,4)5)23-9-10-28-27(17-23)41(33(43)47-35(6,7)8)31-25(20-45-28)26(11-12-36-31)39-13-15-44-16-14-39/h9-12,17,24H,13-16,18-20H2,1-8H3. The van der Waals surface area contributed by atoms with Crippen molar-refractivity contribution in [1.82, 2.24) is 19.9 Å². The first kappa shape index (κ1) is 32.5. The normalized spacial score (nSPS) is 16.8. The SMILES string of the molecule is Cc1nc(C2CN(C(=O)OC(C)(C)C)C2)nc(C)c1-c1ccc2c(c1)N(C(=O)OC(C)(C)C)c1nccc(N3CCOCC3)c1CO2. The number of likely N-dealkylation sites (tertiary alicyclic amines) is 1. The Labute approximate surface area is 276 Å². The average molecular weight is 645 g/mol. The number of fused-ring (bicyclic) bond motifs is 2. The summed E-state index contributed by atoms with van der Waals surface area (Å²) in [5.41, 5.74) is 4.30. The predicted octanol–water partition coefficient (Wildman–Crippen LogP) is 6.29. The van der Waals surface area contributed by atoms with Gasteiger partial charge in [-0.15, -0.1) is 0 Å². The van der Waals surface area contributed by atoms with Gasteiger partial charge in [0.05, 0.1) is 30.4 Å². The molecule has 2 fully saturated rings. The molecule has 12 heteroatoms. The minimum atomic E-state index is -0.735. The fourth-order valence-corrected chi connectivity index (χ4v) is 6.09. The Morgan fingerprint density at radius 3 is 2.15 bits per heavy atom. The van der Waals surface area contributed by atoms with Crippen LogP contribution in [0.15, 0.2) is 30.5 Å². The Morgan fingerprint density at radius 2 is 1.51 bits per heavy atom. The summed E-state index contributed by atoms with van der Waals surface area (Å²) in [7, 11) is 0. The number of hydrogen-bond donors (Lipinski definition) is 0. The van der Waals surface area contributed by atoms with E-state index in [1.807, 2.05) is 79.7 Å². The van der Waals surface area contributed by atoms with E-state index >= 15 is 0 Å². The van der Waals surface area contributed by atoms with E-state index in [1.165, 1.54) is 4.90 Å². The zero-order valence-electron chi connectivity index (χ0n) is 28.5. The number of morpholine rings is 1.